The van der Waals surface area contributed by atoms with E-state index in [1.54, 1.807) is 49.7 Å². The molecule has 0 spiro atoms. The molecule has 2 N–H and O–H groups in total. The first kappa shape index (κ1) is 15.0. The van der Waals surface area contributed by atoms with Crippen molar-refractivity contribution < 1.29 is 9.53 Å². The van der Waals surface area contributed by atoms with Gasteiger partial charge in [-0.1, -0.05) is 6.07 Å². The number of rotatable bonds is 3. The standard InChI is InChI=1S/C15H14N4O3S/c1-9-16-12-6-7-23-13(12)14(20)19(9)18-15(21)17-10-4-3-5-11(8-10)22-2/h3-8H,1-2H3,(H2,17,18,21). The molecule has 118 valence electrons. The van der Waals surface area contributed by atoms with Gasteiger partial charge in [-0.05, 0) is 30.5 Å². The zero-order chi connectivity index (χ0) is 16.4. The minimum Gasteiger partial charge on any atom is -0.497 e. The summed E-state index contributed by atoms with van der Waals surface area (Å²) in [6.45, 7) is 1.66. The fraction of sp³-hybridized carbons (Fsp3) is 0.133. The number of carbonyl (C=O) groups is 1. The van der Waals surface area contributed by atoms with Crippen LogP contribution in [-0.2, 0) is 0 Å². The molecule has 0 atom stereocenters. The van der Waals surface area contributed by atoms with E-state index in [2.05, 4.69) is 15.7 Å². The largest absolute Gasteiger partial charge is 0.497 e. The summed E-state index contributed by atoms with van der Waals surface area (Å²) >= 11 is 1.29. The number of benzene rings is 1. The first-order chi connectivity index (χ1) is 11.1. The second kappa shape index (κ2) is 6.09. The summed E-state index contributed by atoms with van der Waals surface area (Å²) in [5, 5.41) is 4.44. The molecule has 3 aromatic rings. The van der Waals surface area contributed by atoms with E-state index in [1.165, 1.54) is 11.3 Å². The molecular weight excluding hydrogens is 316 g/mol. The van der Waals surface area contributed by atoms with E-state index >= 15 is 0 Å². The number of nitrogens with zero attached hydrogens (tertiary/aromatic N) is 2. The van der Waals surface area contributed by atoms with Crippen molar-refractivity contribution in [2.75, 3.05) is 17.9 Å². The molecule has 0 aliphatic rings. The molecule has 0 radical (unpaired) electrons. The highest BCUT2D eigenvalue weighted by molar-refractivity contribution is 7.17. The Balaban J connectivity index is 1.84. The van der Waals surface area contributed by atoms with Gasteiger partial charge in [0.1, 0.15) is 16.3 Å². The van der Waals surface area contributed by atoms with Gasteiger partial charge >= 0.3 is 6.03 Å². The normalized spacial score (nSPS) is 10.5. The third-order valence-corrected chi connectivity index (χ3v) is 4.08. The fourth-order valence-corrected chi connectivity index (χ4v) is 2.88. The number of nitrogens with one attached hydrogen (secondary N) is 2. The van der Waals surface area contributed by atoms with E-state index in [1.807, 2.05) is 0 Å². The maximum Gasteiger partial charge on any atom is 0.338 e. The molecule has 0 bridgehead atoms. The molecule has 3 rings (SSSR count). The SMILES string of the molecule is COc1cccc(NC(=O)Nn2c(C)nc3ccsc3c2=O)c1. The molecule has 23 heavy (non-hydrogen) atoms. The second-order valence-corrected chi connectivity index (χ2v) is 5.65. The monoisotopic (exact) mass is 330 g/mol. The van der Waals surface area contributed by atoms with Crippen LogP contribution >= 0.6 is 11.3 Å². The van der Waals surface area contributed by atoms with Gasteiger partial charge in [-0.25, -0.2) is 19.9 Å². The van der Waals surface area contributed by atoms with Gasteiger partial charge in [0.15, 0.2) is 0 Å². The predicted octanol–water partition coefficient (Wildman–Crippen LogP) is 2.55. The van der Waals surface area contributed by atoms with Gasteiger partial charge in [-0.3, -0.25) is 4.79 Å². The second-order valence-electron chi connectivity index (χ2n) is 4.73. The van der Waals surface area contributed by atoms with E-state index < -0.39 is 6.03 Å². The summed E-state index contributed by atoms with van der Waals surface area (Å²) in [5.74, 6) is 1.03. The Morgan fingerprint density at radius 1 is 1.35 bits per heavy atom. The Hall–Kier alpha value is -2.87. The summed E-state index contributed by atoms with van der Waals surface area (Å²) in [6.07, 6.45) is 0. The van der Waals surface area contributed by atoms with Crippen molar-refractivity contribution in [1.29, 1.82) is 0 Å². The highest BCUT2D eigenvalue weighted by Crippen LogP contribution is 2.17. The lowest BCUT2D eigenvalue weighted by Gasteiger charge is -2.12. The number of ether oxygens (including phenoxy) is 1. The van der Waals surface area contributed by atoms with Gasteiger partial charge in [0, 0.05) is 11.8 Å². The first-order valence-corrected chi connectivity index (χ1v) is 7.65. The molecule has 7 nitrogen and oxygen atoms in total. The number of aryl methyl sites for hydroxylation is 1. The molecule has 2 heterocycles. The minimum absolute atomic E-state index is 0.303. The van der Waals surface area contributed by atoms with Crippen LogP contribution in [0, 0.1) is 6.92 Å². The number of hydrogen-bond donors (Lipinski definition) is 2. The van der Waals surface area contributed by atoms with E-state index in [0.29, 0.717) is 27.5 Å². The molecule has 1 aromatic carbocycles. The fourth-order valence-electron chi connectivity index (χ4n) is 2.12. The van der Waals surface area contributed by atoms with Crippen molar-refractivity contribution in [3.8, 4) is 5.75 Å². The summed E-state index contributed by atoms with van der Waals surface area (Å²) in [4.78, 5) is 28.8. The highest BCUT2D eigenvalue weighted by atomic mass is 32.1. The van der Waals surface area contributed by atoms with Gasteiger partial charge in [-0.15, -0.1) is 11.3 Å². The number of carbonyl (C=O) groups excluding carboxylic acids is 1. The molecule has 2 amide bonds. The van der Waals surface area contributed by atoms with E-state index in [-0.39, 0.29) is 5.56 Å². The van der Waals surface area contributed by atoms with Crippen molar-refractivity contribution in [3.05, 3.63) is 51.9 Å². The first-order valence-electron chi connectivity index (χ1n) is 6.77. The lowest BCUT2D eigenvalue weighted by molar-refractivity contribution is 0.259. The number of hydrogen-bond acceptors (Lipinski definition) is 5. The van der Waals surface area contributed by atoms with E-state index in [4.69, 9.17) is 4.74 Å². The lowest BCUT2D eigenvalue weighted by atomic mass is 10.3. The van der Waals surface area contributed by atoms with Gasteiger partial charge in [0.05, 0.1) is 12.6 Å². The predicted molar refractivity (Wildman–Crippen MR) is 90.0 cm³/mol. The van der Waals surface area contributed by atoms with Gasteiger partial charge in [0.2, 0.25) is 0 Å². The van der Waals surface area contributed by atoms with E-state index in [9.17, 15) is 9.59 Å². The van der Waals surface area contributed by atoms with E-state index in [0.717, 1.165) is 4.68 Å². The van der Waals surface area contributed by atoms with Crippen LogP contribution in [-0.4, -0.2) is 22.8 Å². The maximum absolute atomic E-state index is 12.4. The Morgan fingerprint density at radius 2 is 2.17 bits per heavy atom. The number of methoxy groups -OCH3 is 1. The number of fused-ring (bicyclic) bond motifs is 1. The number of aromatic nitrogens is 2. The van der Waals surface area contributed by atoms with Crippen LogP contribution in [0.1, 0.15) is 5.82 Å². The van der Waals surface area contributed by atoms with Crippen LogP contribution in [0.4, 0.5) is 10.5 Å². The summed E-state index contributed by atoms with van der Waals surface area (Å²) < 4.78 is 6.73. The molecular formula is C15H14N4O3S. The molecule has 0 saturated carbocycles. The molecule has 2 aromatic heterocycles. The summed E-state index contributed by atoms with van der Waals surface area (Å²) in [6, 6.07) is 8.15. The zero-order valence-electron chi connectivity index (χ0n) is 12.5. The third-order valence-electron chi connectivity index (χ3n) is 3.19. The van der Waals surface area contributed by atoms with Crippen LogP contribution in [0.5, 0.6) is 5.75 Å². The number of urea groups is 1. The smallest absolute Gasteiger partial charge is 0.338 e. The number of thiophene rings is 1. The lowest BCUT2D eigenvalue weighted by Crippen LogP contribution is -2.37. The van der Waals surface area contributed by atoms with Gasteiger partial charge in [0.25, 0.3) is 5.56 Å². The molecule has 0 aliphatic carbocycles. The highest BCUT2D eigenvalue weighted by Gasteiger charge is 2.11. The Bertz CT molecular complexity index is 932. The van der Waals surface area contributed by atoms with Crippen molar-refractivity contribution in [1.82, 2.24) is 9.66 Å². The van der Waals surface area contributed by atoms with Crippen molar-refractivity contribution >= 4 is 33.3 Å². The Morgan fingerprint density at radius 3 is 2.96 bits per heavy atom. The van der Waals surface area contributed by atoms with Crippen LogP contribution in [0.15, 0.2) is 40.5 Å². The average molecular weight is 330 g/mol. The Labute approximate surface area is 135 Å². The topological polar surface area (TPSA) is 85.2 Å². The van der Waals surface area contributed by atoms with Crippen molar-refractivity contribution in [2.24, 2.45) is 0 Å². The van der Waals surface area contributed by atoms with Gasteiger partial charge in [-0.2, -0.15) is 0 Å². The zero-order valence-corrected chi connectivity index (χ0v) is 13.3. The third kappa shape index (κ3) is 3.02. The quantitative estimate of drug-likeness (QED) is 0.773. The van der Waals surface area contributed by atoms with Crippen molar-refractivity contribution in [2.45, 2.75) is 6.92 Å². The summed E-state index contributed by atoms with van der Waals surface area (Å²) in [5.41, 5.74) is 3.38. The Kier molecular flexibility index (Phi) is 3.98. The molecule has 0 fully saturated rings. The van der Waals surface area contributed by atoms with Crippen LogP contribution in [0.2, 0.25) is 0 Å². The van der Waals surface area contributed by atoms with Crippen LogP contribution in [0.25, 0.3) is 10.2 Å². The van der Waals surface area contributed by atoms with Crippen LogP contribution < -0.4 is 21.0 Å². The number of anilines is 1. The molecule has 8 heteroatoms. The summed E-state index contributed by atoms with van der Waals surface area (Å²) in [7, 11) is 1.55. The minimum atomic E-state index is -0.541. The van der Waals surface area contributed by atoms with Gasteiger partial charge < -0.3 is 10.1 Å². The maximum atomic E-state index is 12.4. The molecule has 0 saturated heterocycles. The average Bonchev–Trinajstić information content (AvgIpc) is 3.00. The molecule has 0 unspecified atom stereocenters. The van der Waals surface area contributed by atoms with Crippen LogP contribution in [0.3, 0.4) is 0 Å². The molecule has 0 aliphatic heterocycles. The van der Waals surface area contributed by atoms with Crippen molar-refractivity contribution in [3.63, 3.8) is 0 Å². The number of amides is 2.